The van der Waals surface area contributed by atoms with Crippen molar-refractivity contribution in [2.45, 2.75) is 58.3 Å². The molecule has 1 fully saturated rings. The van der Waals surface area contributed by atoms with Gasteiger partial charge in [-0.25, -0.2) is 9.59 Å². The Balaban J connectivity index is 1.07. The van der Waals surface area contributed by atoms with Crippen LogP contribution in [0.4, 0.5) is 21.0 Å². The second-order valence-electron chi connectivity index (χ2n) is 15.5. The molecule has 12 heteroatoms. The number of ether oxygens (including phenoxy) is 3. The highest BCUT2D eigenvalue weighted by Gasteiger charge is 2.28. The van der Waals surface area contributed by atoms with Gasteiger partial charge in [-0.15, -0.1) is 0 Å². The van der Waals surface area contributed by atoms with E-state index in [9.17, 15) is 19.2 Å². The Bertz CT molecular complexity index is 2280. The van der Waals surface area contributed by atoms with Crippen molar-refractivity contribution in [3.63, 3.8) is 0 Å². The van der Waals surface area contributed by atoms with Gasteiger partial charge >= 0.3 is 12.2 Å². The first kappa shape index (κ1) is 39.3. The molecule has 2 N–H and O–H groups in total. The number of nitrogens with one attached hydrogen (secondary N) is 2. The molecule has 1 aliphatic carbocycles. The summed E-state index contributed by atoms with van der Waals surface area (Å²) < 4.78 is 17.9. The highest BCUT2D eigenvalue weighted by Crippen LogP contribution is 2.38. The second-order valence-corrected chi connectivity index (χ2v) is 15.5. The van der Waals surface area contributed by atoms with Gasteiger partial charge in [-0.05, 0) is 97.3 Å². The standard InChI is InChI=1S/C45H49N5O7/c1-45(2,3)57-44(54)50-22-20-36-38(14-8-15-40(36)50)46-42(52)39(26-30-16-18-33(19-17-30)49-24-23-48(28-41(49)51)21-9-25-55-4)47-43(53)56-29-32-11-7-13-35-34-12-6-5-10-31(34)27-37(32)35/h5-8,10-20,22,39H,9,21,23-29H2,1-4H3,(H,46,52)(H,47,53)/t39-/m0/s1. The largest absolute Gasteiger partial charge is 0.445 e. The number of hydrogen-bond donors (Lipinski definition) is 2. The van der Waals surface area contributed by atoms with E-state index in [1.165, 1.54) is 15.7 Å². The summed E-state index contributed by atoms with van der Waals surface area (Å²) in [6.45, 7) is 8.56. The fourth-order valence-corrected chi connectivity index (χ4v) is 7.53. The topological polar surface area (TPSA) is 131 Å². The Morgan fingerprint density at radius 2 is 1.65 bits per heavy atom. The first-order valence-corrected chi connectivity index (χ1v) is 19.3. The molecule has 2 aliphatic rings. The van der Waals surface area contributed by atoms with Crippen molar-refractivity contribution in [3.05, 3.63) is 119 Å². The van der Waals surface area contributed by atoms with E-state index in [1.54, 1.807) is 63.2 Å². The summed E-state index contributed by atoms with van der Waals surface area (Å²) in [5, 5.41) is 6.43. The summed E-state index contributed by atoms with van der Waals surface area (Å²) in [5.74, 6) is -0.444. The van der Waals surface area contributed by atoms with Crippen LogP contribution in [0, 0.1) is 0 Å². The minimum atomic E-state index is -1.03. The molecule has 1 aromatic heterocycles. The normalized spacial score (nSPS) is 14.5. The molecule has 4 aromatic carbocycles. The molecule has 7 rings (SSSR count). The Morgan fingerprint density at radius 1 is 0.877 bits per heavy atom. The van der Waals surface area contributed by atoms with Gasteiger partial charge in [0.2, 0.25) is 11.8 Å². The Labute approximate surface area is 332 Å². The number of carbonyl (C=O) groups excluding carboxylic acids is 4. The van der Waals surface area contributed by atoms with E-state index in [-0.39, 0.29) is 18.9 Å². The Kier molecular flexibility index (Phi) is 11.7. The van der Waals surface area contributed by atoms with Gasteiger partial charge < -0.3 is 29.7 Å². The smallest absolute Gasteiger partial charge is 0.418 e. The number of anilines is 2. The highest BCUT2D eigenvalue weighted by atomic mass is 16.6. The van der Waals surface area contributed by atoms with Gasteiger partial charge in [-0.2, -0.15) is 0 Å². The van der Waals surface area contributed by atoms with Crippen LogP contribution in [0.15, 0.2) is 97.2 Å². The Hall–Kier alpha value is -5.98. The molecule has 0 radical (unpaired) electrons. The van der Waals surface area contributed by atoms with E-state index in [1.807, 2.05) is 48.5 Å². The number of carbonyl (C=O) groups is 4. The summed E-state index contributed by atoms with van der Waals surface area (Å²) in [6.07, 6.45) is 2.10. The van der Waals surface area contributed by atoms with E-state index in [2.05, 4.69) is 33.7 Å². The first-order chi connectivity index (χ1) is 27.5. The van der Waals surface area contributed by atoms with Crippen molar-refractivity contribution in [3.8, 4) is 11.1 Å². The summed E-state index contributed by atoms with van der Waals surface area (Å²) >= 11 is 0. The molecule has 0 spiro atoms. The molecule has 296 valence electrons. The van der Waals surface area contributed by atoms with Gasteiger partial charge in [0.1, 0.15) is 18.2 Å². The summed E-state index contributed by atoms with van der Waals surface area (Å²) in [6, 6.07) is 27.7. The van der Waals surface area contributed by atoms with Crippen molar-refractivity contribution >= 4 is 46.3 Å². The van der Waals surface area contributed by atoms with E-state index in [0.29, 0.717) is 36.3 Å². The van der Waals surface area contributed by atoms with Gasteiger partial charge in [0, 0.05) is 57.0 Å². The molecule has 12 nitrogen and oxygen atoms in total. The molecule has 57 heavy (non-hydrogen) atoms. The van der Waals surface area contributed by atoms with Gasteiger partial charge in [0.25, 0.3) is 0 Å². The Morgan fingerprint density at radius 3 is 2.42 bits per heavy atom. The molecule has 1 aliphatic heterocycles. The monoisotopic (exact) mass is 771 g/mol. The van der Waals surface area contributed by atoms with Crippen molar-refractivity contribution in [2.24, 2.45) is 0 Å². The lowest BCUT2D eigenvalue weighted by Gasteiger charge is -2.34. The van der Waals surface area contributed by atoms with Crippen molar-refractivity contribution in [2.75, 3.05) is 50.1 Å². The molecule has 0 saturated carbocycles. The molecule has 0 bridgehead atoms. The van der Waals surface area contributed by atoms with Gasteiger partial charge in [0.15, 0.2) is 0 Å². The van der Waals surface area contributed by atoms with Crippen LogP contribution in [-0.4, -0.2) is 85.0 Å². The lowest BCUT2D eigenvalue weighted by Crippen LogP contribution is -2.50. The predicted octanol–water partition coefficient (Wildman–Crippen LogP) is 7.16. The number of amides is 3. The third-order valence-corrected chi connectivity index (χ3v) is 10.3. The number of methoxy groups -OCH3 is 1. The fraction of sp³-hybridized carbons (Fsp3) is 0.333. The van der Waals surface area contributed by atoms with Crippen LogP contribution in [0.25, 0.3) is 22.0 Å². The molecule has 0 unspecified atom stereocenters. The highest BCUT2D eigenvalue weighted by molar-refractivity contribution is 6.05. The maximum atomic E-state index is 14.1. The van der Waals surface area contributed by atoms with E-state index < -0.39 is 29.7 Å². The average molecular weight is 772 g/mol. The minimum Gasteiger partial charge on any atom is -0.445 e. The third kappa shape index (κ3) is 9.19. The number of rotatable bonds is 12. The van der Waals surface area contributed by atoms with Crippen LogP contribution in [-0.2, 0) is 43.2 Å². The number of piperazine rings is 1. The van der Waals surface area contributed by atoms with Crippen LogP contribution in [0.5, 0.6) is 0 Å². The lowest BCUT2D eigenvalue weighted by atomic mass is 10.0. The van der Waals surface area contributed by atoms with Crippen molar-refractivity contribution in [1.82, 2.24) is 14.8 Å². The summed E-state index contributed by atoms with van der Waals surface area (Å²) in [5.41, 5.74) is 7.46. The van der Waals surface area contributed by atoms with E-state index >= 15 is 0 Å². The minimum absolute atomic E-state index is 0.0238. The molecule has 1 saturated heterocycles. The molecule has 1 atom stereocenters. The van der Waals surface area contributed by atoms with E-state index in [0.717, 1.165) is 53.9 Å². The number of fused-ring (bicyclic) bond motifs is 4. The molecular formula is C45H49N5O7. The lowest BCUT2D eigenvalue weighted by molar-refractivity contribution is -0.121. The van der Waals surface area contributed by atoms with Gasteiger partial charge in [0.05, 0.1) is 17.7 Å². The number of aromatic nitrogens is 1. The molecular weight excluding hydrogens is 723 g/mol. The quantitative estimate of drug-likeness (QED) is 0.126. The fourth-order valence-electron chi connectivity index (χ4n) is 7.53. The van der Waals surface area contributed by atoms with Crippen LogP contribution < -0.4 is 15.5 Å². The number of benzene rings is 4. The van der Waals surface area contributed by atoms with Crippen LogP contribution >= 0.6 is 0 Å². The molecule has 5 aromatic rings. The first-order valence-electron chi connectivity index (χ1n) is 19.3. The maximum absolute atomic E-state index is 14.1. The summed E-state index contributed by atoms with van der Waals surface area (Å²) in [4.78, 5) is 57.5. The molecule has 3 amide bonds. The average Bonchev–Trinajstić information content (AvgIpc) is 3.80. The van der Waals surface area contributed by atoms with Crippen molar-refractivity contribution < 1.29 is 33.4 Å². The molecule has 2 heterocycles. The van der Waals surface area contributed by atoms with Crippen LogP contribution in [0.3, 0.4) is 0 Å². The number of nitrogens with zero attached hydrogens (tertiary/aromatic N) is 3. The van der Waals surface area contributed by atoms with Gasteiger partial charge in [-0.3, -0.25) is 19.1 Å². The zero-order valence-corrected chi connectivity index (χ0v) is 32.9. The predicted molar refractivity (Wildman–Crippen MR) is 219 cm³/mol. The number of hydrogen-bond acceptors (Lipinski definition) is 8. The van der Waals surface area contributed by atoms with E-state index in [4.69, 9.17) is 14.2 Å². The zero-order chi connectivity index (χ0) is 40.1. The van der Waals surface area contributed by atoms with Crippen molar-refractivity contribution in [1.29, 1.82) is 0 Å². The summed E-state index contributed by atoms with van der Waals surface area (Å²) in [7, 11) is 1.67. The maximum Gasteiger partial charge on any atom is 0.418 e. The van der Waals surface area contributed by atoms with Gasteiger partial charge in [-0.1, -0.05) is 60.7 Å². The van der Waals surface area contributed by atoms with Crippen LogP contribution in [0.1, 0.15) is 49.4 Å². The zero-order valence-electron chi connectivity index (χ0n) is 32.9. The second kappa shape index (κ2) is 17.0. The SMILES string of the molecule is COCCCN1CCN(c2ccc(C[C@H](NC(=O)OCc3cccc4c3Cc3ccccc3-4)C(=O)Nc3cccc4c3ccn4C(=O)OC(C)(C)C)cc2)C(=O)C1. The third-order valence-electron chi connectivity index (χ3n) is 10.3. The number of alkyl carbamates (subject to hydrolysis) is 1. The van der Waals surface area contributed by atoms with Crippen LogP contribution in [0.2, 0.25) is 0 Å².